The quantitative estimate of drug-likeness (QED) is 0.662. The number of hydrogen-bond acceptors (Lipinski definition) is 6. The first-order chi connectivity index (χ1) is 10.1. The first-order valence-corrected chi connectivity index (χ1v) is 7.85. The molecule has 0 saturated carbocycles. The average molecular weight is 330 g/mol. The summed E-state index contributed by atoms with van der Waals surface area (Å²) in [6.07, 6.45) is 1.56. The fourth-order valence-electron chi connectivity index (χ4n) is 1.99. The monoisotopic (exact) mass is 329 g/mol. The highest BCUT2D eigenvalue weighted by atomic mass is 35.5. The molecule has 1 aromatic rings. The van der Waals surface area contributed by atoms with Gasteiger partial charge in [0.25, 0.3) is 0 Å². The Morgan fingerprint density at radius 3 is 3.14 bits per heavy atom. The minimum Gasteiger partial charge on any atom is -0.468 e. The lowest BCUT2D eigenvalue weighted by Gasteiger charge is -2.30. The number of amides is 1. The molecule has 0 bridgehead atoms. The van der Waals surface area contributed by atoms with Crippen molar-refractivity contribution in [3.8, 4) is 0 Å². The molecular formula is C13H16ClN3O3S. The molecule has 114 valence electrons. The minimum atomic E-state index is -0.250. The largest absolute Gasteiger partial charge is 0.468 e. The lowest BCUT2D eigenvalue weighted by atomic mass is 10.3. The summed E-state index contributed by atoms with van der Waals surface area (Å²) in [6, 6.07) is 3.39. The number of aromatic nitrogens is 1. The van der Waals surface area contributed by atoms with E-state index in [9.17, 15) is 9.59 Å². The van der Waals surface area contributed by atoms with E-state index in [-0.39, 0.29) is 28.8 Å². The van der Waals surface area contributed by atoms with E-state index in [0.717, 1.165) is 12.3 Å². The maximum absolute atomic E-state index is 12.0. The van der Waals surface area contributed by atoms with Gasteiger partial charge >= 0.3 is 5.97 Å². The van der Waals surface area contributed by atoms with Crippen LogP contribution < -0.4 is 5.32 Å². The number of carbonyl (C=O) groups excluding carboxylic acids is 2. The Morgan fingerprint density at radius 2 is 2.43 bits per heavy atom. The predicted molar refractivity (Wildman–Crippen MR) is 82.6 cm³/mol. The lowest BCUT2D eigenvalue weighted by Crippen LogP contribution is -2.45. The number of anilines is 1. The van der Waals surface area contributed by atoms with Crippen molar-refractivity contribution < 1.29 is 14.3 Å². The average Bonchev–Trinajstić information content (AvgIpc) is 2.49. The molecule has 1 amide bonds. The molecule has 6 nitrogen and oxygen atoms in total. The van der Waals surface area contributed by atoms with Crippen LogP contribution in [0.4, 0.5) is 5.69 Å². The van der Waals surface area contributed by atoms with Crippen molar-refractivity contribution >= 4 is 40.9 Å². The highest BCUT2D eigenvalue weighted by Gasteiger charge is 2.28. The minimum absolute atomic E-state index is 0.180. The molecule has 1 aliphatic heterocycles. The predicted octanol–water partition coefficient (Wildman–Crippen LogP) is 1.26. The van der Waals surface area contributed by atoms with E-state index in [0.29, 0.717) is 12.2 Å². The number of pyridine rings is 1. The molecule has 1 atom stereocenters. The van der Waals surface area contributed by atoms with Gasteiger partial charge in [0.15, 0.2) is 5.15 Å². The number of nitrogens with one attached hydrogen (secondary N) is 1. The molecule has 0 radical (unpaired) electrons. The van der Waals surface area contributed by atoms with Gasteiger partial charge in [-0.05, 0) is 12.1 Å². The molecule has 21 heavy (non-hydrogen) atoms. The Hall–Kier alpha value is -1.31. The van der Waals surface area contributed by atoms with Crippen LogP contribution in [-0.4, -0.2) is 59.5 Å². The Morgan fingerprint density at radius 1 is 1.62 bits per heavy atom. The van der Waals surface area contributed by atoms with Gasteiger partial charge in [-0.1, -0.05) is 11.6 Å². The first kappa shape index (κ1) is 16.1. The second kappa shape index (κ2) is 7.63. The molecule has 0 spiro atoms. The van der Waals surface area contributed by atoms with Crippen LogP contribution in [0.25, 0.3) is 0 Å². The molecule has 0 aliphatic carbocycles. The van der Waals surface area contributed by atoms with Gasteiger partial charge in [0, 0.05) is 25.0 Å². The molecule has 1 fully saturated rings. The number of halogens is 1. The van der Waals surface area contributed by atoms with Crippen molar-refractivity contribution in [2.24, 2.45) is 0 Å². The van der Waals surface area contributed by atoms with Gasteiger partial charge in [0.05, 0.1) is 19.3 Å². The first-order valence-electron chi connectivity index (χ1n) is 6.42. The van der Waals surface area contributed by atoms with Crippen molar-refractivity contribution in [1.29, 1.82) is 0 Å². The summed E-state index contributed by atoms with van der Waals surface area (Å²) < 4.78 is 4.74. The van der Waals surface area contributed by atoms with E-state index in [2.05, 4.69) is 10.3 Å². The third kappa shape index (κ3) is 4.59. The van der Waals surface area contributed by atoms with Crippen molar-refractivity contribution in [3.63, 3.8) is 0 Å². The number of esters is 1. The number of hydrogen-bond donors (Lipinski definition) is 1. The van der Waals surface area contributed by atoms with Crippen LogP contribution in [0.2, 0.25) is 5.15 Å². The zero-order valence-corrected chi connectivity index (χ0v) is 13.1. The maximum atomic E-state index is 12.0. The number of rotatable bonds is 4. The zero-order valence-electron chi connectivity index (χ0n) is 11.5. The fraction of sp³-hybridized carbons (Fsp3) is 0.462. The van der Waals surface area contributed by atoms with Crippen molar-refractivity contribution in [1.82, 2.24) is 9.88 Å². The van der Waals surface area contributed by atoms with Crippen LogP contribution in [0.1, 0.15) is 0 Å². The molecule has 1 aliphatic rings. The van der Waals surface area contributed by atoms with E-state index in [1.807, 2.05) is 4.90 Å². The summed E-state index contributed by atoms with van der Waals surface area (Å²) in [5, 5.41) is 2.74. The Kier molecular flexibility index (Phi) is 5.84. The van der Waals surface area contributed by atoms with Crippen LogP contribution >= 0.6 is 23.4 Å². The van der Waals surface area contributed by atoms with Crippen LogP contribution in [0.15, 0.2) is 18.3 Å². The summed E-state index contributed by atoms with van der Waals surface area (Å²) >= 11 is 7.44. The third-order valence-corrected chi connectivity index (χ3v) is 4.48. The molecule has 1 N–H and O–H groups in total. The standard InChI is InChI=1S/C13H16ClN3O3S/c1-20-13(19)10-7-17(5-6-21-10)8-11(18)16-9-3-2-4-15-12(9)14/h2-4,10H,5-8H2,1H3,(H,16,18)/t10-/m1/s1. The van der Waals surface area contributed by atoms with Crippen molar-refractivity contribution in [2.45, 2.75) is 5.25 Å². The van der Waals surface area contributed by atoms with E-state index >= 15 is 0 Å². The van der Waals surface area contributed by atoms with Crippen LogP contribution in [0.3, 0.4) is 0 Å². The highest BCUT2D eigenvalue weighted by Crippen LogP contribution is 2.20. The van der Waals surface area contributed by atoms with E-state index in [4.69, 9.17) is 16.3 Å². The molecule has 0 aromatic carbocycles. The molecule has 8 heteroatoms. The summed E-state index contributed by atoms with van der Waals surface area (Å²) in [4.78, 5) is 29.4. The van der Waals surface area contributed by atoms with Gasteiger partial charge in [0.1, 0.15) is 5.25 Å². The van der Waals surface area contributed by atoms with Gasteiger partial charge in [-0.2, -0.15) is 0 Å². The smallest absolute Gasteiger partial charge is 0.320 e. The number of carbonyl (C=O) groups is 2. The molecule has 0 unspecified atom stereocenters. The van der Waals surface area contributed by atoms with Gasteiger partial charge in [-0.3, -0.25) is 14.5 Å². The number of thioether (sulfide) groups is 1. The third-order valence-electron chi connectivity index (χ3n) is 3.02. The molecular weight excluding hydrogens is 314 g/mol. The number of nitrogens with zero attached hydrogens (tertiary/aromatic N) is 2. The molecule has 1 saturated heterocycles. The second-order valence-electron chi connectivity index (χ2n) is 4.51. The van der Waals surface area contributed by atoms with Gasteiger partial charge in [0.2, 0.25) is 5.91 Å². The summed E-state index contributed by atoms with van der Waals surface area (Å²) in [5.41, 5.74) is 0.486. The number of ether oxygens (including phenoxy) is 1. The van der Waals surface area contributed by atoms with Gasteiger partial charge < -0.3 is 10.1 Å². The SMILES string of the molecule is COC(=O)[C@H]1CN(CC(=O)Nc2cccnc2Cl)CCS1. The summed E-state index contributed by atoms with van der Waals surface area (Å²) in [6.45, 7) is 1.47. The van der Waals surface area contributed by atoms with Crippen molar-refractivity contribution in [3.05, 3.63) is 23.5 Å². The fourth-order valence-corrected chi connectivity index (χ4v) is 3.36. The Balaban J connectivity index is 1.88. The van der Waals surface area contributed by atoms with Crippen LogP contribution in [0.5, 0.6) is 0 Å². The van der Waals surface area contributed by atoms with Crippen LogP contribution in [-0.2, 0) is 14.3 Å². The summed E-state index contributed by atoms with van der Waals surface area (Å²) in [7, 11) is 1.37. The molecule has 1 aromatic heterocycles. The van der Waals surface area contributed by atoms with Crippen LogP contribution in [0, 0.1) is 0 Å². The van der Waals surface area contributed by atoms with E-state index in [1.54, 1.807) is 30.1 Å². The second-order valence-corrected chi connectivity index (χ2v) is 6.18. The van der Waals surface area contributed by atoms with Crippen molar-refractivity contribution in [2.75, 3.05) is 37.8 Å². The Labute approximate surface area is 132 Å². The lowest BCUT2D eigenvalue weighted by molar-refractivity contribution is -0.140. The maximum Gasteiger partial charge on any atom is 0.320 e. The van der Waals surface area contributed by atoms with Gasteiger partial charge in [-0.25, -0.2) is 4.98 Å². The highest BCUT2D eigenvalue weighted by molar-refractivity contribution is 8.00. The molecule has 2 heterocycles. The Bertz CT molecular complexity index is 529. The normalized spacial score (nSPS) is 19.0. The molecule has 2 rings (SSSR count). The topological polar surface area (TPSA) is 71.5 Å². The van der Waals surface area contributed by atoms with E-state index < -0.39 is 0 Å². The van der Waals surface area contributed by atoms with E-state index in [1.165, 1.54) is 7.11 Å². The van der Waals surface area contributed by atoms with Gasteiger partial charge in [-0.15, -0.1) is 11.8 Å². The number of methoxy groups -OCH3 is 1. The zero-order chi connectivity index (χ0) is 15.2. The summed E-state index contributed by atoms with van der Waals surface area (Å²) in [5.74, 6) is 0.363.